The third kappa shape index (κ3) is 3.94. The van der Waals surface area contributed by atoms with Gasteiger partial charge in [-0.15, -0.1) is 0 Å². The number of para-hydroxylation sites is 1. The fraction of sp³-hybridized carbons (Fsp3) is 0.357. The molecule has 0 aliphatic carbocycles. The topological polar surface area (TPSA) is 54.2 Å². The third-order valence-corrected chi connectivity index (χ3v) is 3.84. The molecular formula is C14H20N4S. The van der Waals surface area contributed by atoms with Crippen LogP contribution in [0, 0.1) is 0 Å². The van der Waals surface area contributed by atoms with Crippen molar-refractivity contribution in [1.29, 1.82) is 0 Å². The monoisotopic (exact) mass is 276 g/mol. The number of hydrogen-bond acceptors (Lipinski definition) is 5. The van der Waals surface area contributed by atoms with Crippen LogP contribution < -0.4 is 16.2 Å². The number of anilines is 2. The number of benzene rings is 1. The summed E-state index contributed by atoms with van der Waals surface area (Å²) in [5.41, 5.74) is 3.85. The summed E-state index contributed by atoms with van der Waals surface area (Å²) in [6.45, 7) is 4.15. The van der Waals surface area contributed by atoms with Gasteiger partial charge in [-0.25, -0.2) is 10.8 Å². The fourth-order valence-corrected chi connectivity index (χ4v) is 2.66. The van der Waals surface area contributed by atoms with Gasteiger partial charge in [0.2, 0.25) is 0 Å². The first-order valence-electron chi connectivity index (χ1n) is 6.54. The Morgan fingerprint density at radius 3 is 2.74 bits per heavy atom. The molecule has 1 aromatic carbocycles. The highest BCUT2D eigenvalue weighted by Gasteiger charge is 2.09. The minimum absolute atomic E-state index is 0.763. The number of thiazole rings is 1. The molecule has 4 nitrogen and oxygen atoms in total. The highest BCUT2D eigenvalue weighted by Crippen LogP contribution is 2.22. The average molecular weight is 276 g/mol. The lowest BCUT2D eigenvalue weighted by molar-refractivity contribution is 0.719. The van der Waals surface area contributed by atoms with Crippen LogP contribution >= 0.6 is 11.3 Å². The van der Waals surface area contributed by atoms with Crippen molar-refractivity contribution in [2.75, 3.05) is 16.9 Å². The summed E-state index contributed by atoms with van der Waals surface area (Å²) < 4.78 is 0. The van der Waals surface area contributed by atoms with Gasteiger partial charge in [-0.1, -0.05) is 42.9 Å². The molecule has 0 atom stereocenters. The quantitative estimate of drug-likeness (QED) is 0.602. The maximum Gasteiger partial charge on any atom is 0.197 e. The number of nitrogens with zero attached hydrogens (tertiary/aromatic N) is 2. The van der Waals surface area contributed by atoms with Crippen molar-refractivity contribution >= 4 is 22.2 Å². The summed E-state index contributed by atoms with van der Waals surface area (Å²) in [4.78, 5) is 7.82. The number of nitrogen functional groups attached to an aromatic ring is 1. The van der Waals surface area contributed by atoms with Gasteiger partial charge in [-0.2, -0.15) is 0 Å². The van der Waals surface area contributed by atoms with Crippen LogP contribution in [-0.2, 0) is 6.54 Å². The summed E-state index contributed by atoms with van der Waals surface area (Å²) in [5, 5.41) is 0.763. The van der Waals surface area contributed by atoms with E-state index >= 15 is 0 Å². The van der Waals surface area contributed by atoms with E-state index in [-0.39, 0.29) is 0 Å². The van der Waals surface area contributed by atoms with Gasteiger partial charge in [0.05, 0.1) is 6.54 Å². The molecule has 0 amide bonds. The molecule has 0 aliphatic heterocycles. The van der Waals surface area contributed by atoms with Gasteiger partial charge in [0.15, 0.2) is 5.13 Å². The van der Waals surface area contributed by atoms with Crippen molar-refractivity contribution in [3.63, 3.8) is 0 Å². The van der Waals surface area contributed by atoms with Crippen LogP contribution in [0.4, 0.5) is 10.8 Å². The zero-order valence-electron chi connectivity index (χ0n) is 11.2. The standard InChI is InChI=1S/C14H20N4S/c1-2-3-9-18(12-7-5-4-6-8-12)11-13-10-16-14(17-15)19-13/h4-8,10H,2-3,9,11,15H2,1H3,(H,16,17). The van der Waals surface area contributed by atoms with E-state index in [9.17, 15) is 0 Å². The first-order valence-corrected chi connectivity index (χ1v) is 7.36. The van der Waals surface area contributed by atoms with Gasteiger partial charge in [0, 0.05) is 23.3 Å². The maximum atomic E-state index is 5.37. The van der Waals surface area contributed by atoms with Crippen LogP contribution in [0.3, 0.4) is 0 Å². The number of hydrazine groups is 1. The van der Waals surface area contributed by atoms with Crippen LogP contribution in [0.2, 0.25) is 0 Å². The Kier molecular flexibility index (Phi) is 5.18. The zero-order chi connectivity index (χ0) is 13.5. The molecule has 0 radical (unpaired) electrons. The molecule has 3 N–H and O–H groups in total. The smallest absolute Gasteiger partial charge is 0.197 e. The molecule has 0 fully saturated rings. The van der Waals surface area contributed by atoms with Gasteiger partial charge in [0.1, 0.15) is 0 Å². The van der Waals surface area contributed by atoms with Gasteiger partial charge in [-0.05, 0) is 18.6 Å². The molecule has 102 valence electrons. The predicted octanol–water partition coefficient (Wildman–Crippen LogP) is 3.24. The summed E-state index contributed by atoms with van der Waals surface area (Å²) in [6.07, 6.45) is 4.28. The number of unbranched alkanes of at least 4 members (excludes halogenated alkanes) is 1. The van der Waals surface area contributed by atoms with Gasteiger partial charge in [-0.3, -0.25) is 5.43 Å². The minimum Gasteiger partial charge on any atom is -0.366 e. The Bertz CT molecular complexity index is 483. The molecule has 1 aromatic heterocycles. The first-order chi connectivity index (χ1) is 9.33. The Balaban J connectivity index is 2.09. The van der Waals surface area contributed by atoms with E-state index in [0.29, 0.717) is 0 Å². The SMILES string of the molecule is CCCCN(Cc1cnc(NN)s1)c1ccccc1. The summed E-state index contributed by atoms with van der Waals surface area (Å²) in [7, 11) is 0. The van der Waals surface area contributed by atoms with Gasteiger partial charge < -0.3 is 4.90 Å². The maximum absolute atomic E-state index is 5.37. The van der Waals surface area contributed by atoms with Crippen molar-refractivity contribution in [1.82, 2.24) is 4.98 Å². The van der Waals surface area contributed by atoms with Crippen molar-refractivity contribution in [2.45, 2.75) is 26.3 Å². The molecule has 0 spiro atoms. The molecule has 2 rings (SSSR count). The Labute approximate surface area is 118 Å². The van der Waals surface area contributed by atoms with E-state index in [4.69, 9.17) is 5.84 Å². The number of nitrogens with two attached hydrogens (primary N) is 1. The second-order valence-corrected chi connectivity index (χ2v) is 5.50. The molecule has 19 heavy (non-hydrogen) atoms. The Morgan fingerprint density at radius 2 is 2.11 bits per heavy atom. The molecule has 0 unspecified atom stereocenters. The first kappa shape index (κ1) is 13.8. The molecule has 0 saturated carbocycles. The molecule has 2 aromatic rings. The molecular weight excluding hydrogens is 256 g/mol. The van der Waals surface area contributed by atoms with Crippen molar-refractivity contribution in [2.24, 2.45) is 5.84 Å². The Hall–Kier alpha value is -1.59. The average Bonchev–Trinajstić information content (AvgIpc) is 2.92. The number of hydrogen-bond donors (Lipinski definition) is 2. The van der Waals surface area contributed by atoms with Gasteiger partial charge in [0.25, 0.3) is 0 Å². The molecule has 1 heterocycles. The lowest BCUT2D eigenvalue weighted by Crippen LogP contribution is -2.23. The zero-order valence-corrected chi connectivity index (χ0v) is 12.0. The molecule has 5 heteroatoms. The van der Waals surface area contributed by atoms with Gasteiger partial charge >= 0.3 is 0 Å². The predicted molar refractivity (Wildman–Crippen MR) is 82.3 cm³/mol. The Morgan fingerprint density at radius 1 is 1.32 bits per heavy atom. The summed E-state index contributed by atoms with van der Waals surface area (Å²) in [6, 6.07) is 10.5. The second-order valence-electron chi connectivity index (χ2n) is 4.39. The number of nitrogens with one attached hydrogen (secondary N) is 1. The van der Waals surface area contributed by atoms with Crippen molar-refractivity contribution in [3.8, 4) is 0 Å². The van der Waals surface area contributed by atoms with E-state index < -0.39 is 0 Å². The van der Waals surface area contributed by atoms with Crippen molar-refractivity contribution in [3.05, 3.63) is 41.4 Å². The van der Waals surface area contributed by atoms with E-state index in [1.54, 1.807) is 11.3 Å². The van der Waals surface area contributed by atoms with Crippen molar-refractivity contribution < 1.29 is 0 Å². The van der Waals surface area contributed by atoms with Crippen LogP contribution in [0.1, 0.15) is 24.6 Å². The van der Waals surface area contributed by atoms with Crippen LogP contribution in [0.25, 0.3) is 0 Å². The normalized spacial score (nSPS) is 10.4. The lowest BCUT2D eigenvalue weighted by atomic mass is 10.2. The fourth-order valence-electron chi connectivity index (χ4n) is 1.92. The third-order valence-electron chi connectivity index (χ3n) is 2.93. The van der Waals surface area contributed by atoms with E-state index in [1.807, 2.05) is 12.3 Å². The summed E-state index contributed by atoms with van der Waals surface area (Å²) in [5.74, 6) is 5.37. The second kappa shape index (κ2) is 7.11. The minimum atomic E-state index is 0.763. The largest absolute Gasteiger partial charge is 0.366 e. The van der Waals surface area contributed by atoms with Crippen LogP contribution in [0.15, 0.2) is 36.5 Å². The summed E-state index contributed by atoms with van der Waals surface area (Å²) >= 11 is 1.60. The highest BCUT2D eigenvalue weighted by molar-refractivity contribution is 7.15. The number of aromatic nitrogens is 1. The van der Waals surface area contributed by atoms with E-state index in [1.165, 1.54) is 23.4 Å². The molecule has 0 bridgehead atoms. The van der Waals surface area contributed by atoms with Crippen LogP contribution in [0.5, 0.6) is 0 Å². The molecule has 0 aliphatic rings. The number of rotatable bonds is 7. The highest BCUT2D eigenvalue weighted by atomic mass is 32.1. The van der Waals surface area contributed by atoms with E-state index in [0.717, 1.165) is 18.2 Å². The molecule has 0 saturated heterocycles. The lowest BCUT2D eigenvalue weighted by Gasteiger charge is -2.23. The van der Waals surface area contributed by atoms with E-state index in [2.05, 4.69) is 46.5 Å². The van der Waals surface area contributed by atoms with Crippen LogP contribution in [-0.4, -0.2) is 11.5 Å².